The van der Waals surface area contributed by atoms with Gasteiger partial charge in [-0.25, -0.2) is 0 Å². The van der Waals surface area contributed by atoms with Crippen LogP contribution in [0.3, 0.4) is 0 Å². The molecule has 0 aromatic heterocycles. The molecule has 0 radical (unpaired) electrons. The molecule has 1 rings (SSSR count). The van der Waals surface area contributed by atoms with E-state index < -0.39 is 17.6 Å². The number of carbonyl (C=O) groups is 2. The number of nitrogens with zero attached hydrogens (tertiary/aromatic N) is 1. The fourth-order valence-corrected chi connectivity index (χ4v) is 2.11. The number of hydrogen-bond acceptors (Lipinski definition) is 5. The van der Waals surface area contributed by atoms with E-state index in [1.165, 1.54) is 4.90 Å². The summed E-state index contributed by atoms with van der Waals surface area (Å²) in [6.45, 7) is 1.14. The molecule has 0 saturated carbocycles. The summed E-state index contributed by atoms with van der Waals surface area (Å²) >= 11 is 0. The van der Waals surface area contributed by atoms with Crippen molar-refractivity contribution >= 4 is 11.9 Å². The Bertz CT molecular complexity index is 328. The molecule has 7 nitrogen and oxygen atoms in total. The normalized spacial score (nSPS) is 19.7. The van der Waals surface area contributed by atoms with Crippen molar-refractivity contribution in [3.8, 4) is 0 Å². The number of hydrogen-bond donors (Lipinski definition) is 3. The largest absolute Gasteiger partial charge is 0.481 e. The molecule has 110 valence electrons. The molecule has 19 heavy (non-hydrogen) atoms. The van der Waals surface area contributed by atoms with Crippen molar-refractivity contribution in [2.75, 3.05) is 26.8 Å². The zero-order chi connectivity index (χ0) is 14.5. The minimum absolute atomic E-state index is 0.0973. The van der Waals surface area contributed by atoms with Gasteiger partial charge in [0.15, 0.2) is 0 Å². The molecule has 1 atom stereocenters. The lowest BCUT2D eigenvalue weighted by Crippen LogP contribution is -2.51. The van der Waals surface area contributed by atoms with Crippen LogP contribution in [0.5, 0.6) is 0 Å². The van der Waals surface area contributed by atoms with Gasteiger partial charge in [-0.15, -0.1) is 0 Å². The number of nitrogens with two attached hydrogens (primary N) is 1. The van der Waals surface area contributed by atoms with Gasteiger partial charge >= 0.3 is 5.97 Å². The molecule has 1 amide bonds. The standard InChI is InChI=1S/C12H22N2O5/c1-14(8-12(18)4-6-19-7-5-12)11(17)9(13)2-3-10(15)16/h9,18H,2-8,13H2,1H3,(H,15,16). The zero-order valence-electron chi connectivity index (χ0n) is 11.2. The number of likely N-dealkylation sites (N-methyl/N-ethyl adjacent to an activating group) is 1. The first-order valence-corrected chi connectivity index (χ1v) is 6.36. The van der Waals surface area contributed by atoms with Gasteiger partial charge in [0, 0.05) is 46.1 Å². The number of carbonyl (C=O) groups excluding carboxylic acids is 1. The van der Waals surface area contributed by atoms with E-state index in [0.717, 1.165) is 0 Å². The minimum atomic E-state index is -0.978. The number of carboxylic acid groups (broad SMARTS) is 1. The average molecular weight is 274 g/mol. The van der Waals surface area contributed by atoms with Gasteiger partial charge < -0.3 is 25.6 Å². The third kappa shape index (κ3) is 5.14. The van der Waals surface area contributed by atoms with E-state index in [9.17, 15) is 14.7 Å². The Morgan fingerprint density at radius 1 is 1.42 bits per heavy atom. The molecule has 4 N–H and O–H groups in total. The second-order valence-electron chi connectivity index (χ2n) is 5.07. The van der Waals surface area contributed by atoms with Crippen LogP contribution in [-0.4, -0.2) is 65.4 Å². The van der Waals surface area contributed by atoms with Crippen LogP contribution in [0.1, 0.15) is 25.7 Å². The van der Waals surface area contributed by atoms with Crippen molar-refractivity contribution in [3.05, 3.63) is 0 Å². The molecule has 1 saturated heterocycles. The summed E-state index contributed by atoms with van der Waals surface area (Å²) in [7, 11) is 1.57. The monoisotopic (exact) mass is 274 g/mol. The average Bonchev–Trinajstić information content (AvgIpc) is 2.35. The molecular weight excluding hydrogens is 252 g/mol. The van der Waals surface area contributed by atoms with E-state index in [-0.39, 0.29) is 25.3 Å². The Morgan fingerprint density at radius 2 is 2.00 bits per heavy atom. The van der Waals surface area contributed by atoms with Crippen LogP contribution in [0, 0.1) is 0 Å². The molecule has 0 aliphatic carbocycles. The Balaban J connectivity index is 2.44. The van der Waals surface area contributed by atoms with Crippen molar-refractivity contribution in [2.45, 2.75) is 37.3 Å². The lowest BCUT2D eigenvalue weighted by atomic mass is 9.93. The van der Waals surface area contributed by atoms with Crippen LogP contribution in [0.25, 0.3) is 0 Å². The highest BCUT2D eigenvalue weighted by Gasteiger charge is 2.33. The Hall–Kier alpha value is -1.18. The lowest BCUT2D eigenvalue weighted by Gasteiger charge is -2.36. The van der Waals surface area contributed by atoms with Gasteiger partial charge in [0.05, 0.1) is 11.6 Å². The number of ether oxygens (including phenoxy) is 1. The van der Waals surface area contributed by atoms with Crippen LogP contribution >= 0.6 is 0 Å². The van der Waals surface area contributed by atoms with Crippen LogP contribution in [0.2, 0.25) is 0 Å². The first-order chi connectivity index (χ1) is 8.84. The molecule has 0 aromatic rings. The first kappa shape index (κ1) is 15.9. The summed E-state index contributed by atoms with van der Waals surface area (Å²) in [5.74, 6) is -1.32. The summed E-state index contributed by atoms with van der Waals surface area (Å²) in [5, 5.41) is 18.8. The first-order valence-electron chi connectivity index (χ1n) is 6.36. The van der Waals surface area contributed by atoms with Crippen LogP contribution in [-0.2, 0) is 14.3 Å². The number of aliphatic carboxylic acids is 1. The Kier molecular flexibility index (Phi) is 5.71. The number of carboxylic acids is 1. The van der Waals surface area contributed by atoms with Crippen molar-refractivity contribution in [1.29, 1.82) is 0 Å². The molecule has 1 aliphatic rings. The van der Waals surface area contributed by atoms with E-state index in [0.29, 0.717) is 26.1 Å². The predicted octanol–water partition coefficient (Wildman–Crippen LogP) is -0.822. The van der Waals surface area contributed by atoms with Crippen molar-refractivity contribution < 1.29 is 24.5 Å². The molecule has 0 spiro atoms. The molecule has 7 heteroatoms. The number of aliphatic hydroxyl groups is 1. The quantitative estimate of drug-likeness (QED) is 0.583. The zero-order valence-corrected chi connectivity index (χ0v) is 11.2. The molecule has 1 aliphatic heterocycles. The molecule has 0 aromatic carbocycles. The second-order valence-corrected chi connectivity index (χ2v) is 5.07. The van der Waals surface area contributed by atoms with Gasteiger partial charge in [0.2, 0.25) is 5.91 Å². The third-order valence-corrected chi connectivity index (χ3v) is 3.32. The maximum absolute atomic E-state index is 11.9. The topological polar surface area (TPSA) is 113 Å². The van der Waals surface area contributed by atoms with E-state index in [2.05, 4.69) is 0 Å². The smallest absolute Gasteiger partial charge is 0.303 e. The highest BCUT2D eigenvalue weighted by Crippen LogP contribution is 2.21. The molecule has 1 unspecified atom stereocenters. The number of rotatable bonds is 6. The summed E-state index contributed by atoms with van der Waals surface area (Å²) < 4.78 is 5.17. The lowest BCUT2D eigenvalue weighted by molar-refractivity contribution is -0.139. The van der Waals surface area contributed by atoms with Gasteiger partial charge in [0.1, 0.15) is 0 Å². The van der Waals surface area contributed by atoms with Gasteiger partial charge in [-0.3, -0.25) is 9.59 Å². The van der Waals surface area contributed by atoms with E-state index >= 15 is 0 Å². The van der Waals surface area contributed by atoms with Gasteiger partial charge in [0.25, 0.3) is 0 Å². The van der Waals surface area contributed by atoms with Crippen LogP contribution in [0.15, 0.2) is 0 Å². The maximum atomic E-state index is 11.9. The fourth-order valence-electron chi connectivity index (χ4n) is 2.11. The van der Waals surface area contributed by atoms with Gasteiger partial charge in [-0.2, -0.15) is 0 Å². The summed E-state index contributed by atoms with van der Waals surface area (Å²) in [6, 6.07) is -0.843. The van der Waals surface area contributed by atoms with Crippen LogP contribution in [0.4, 0.5) is 0 Å². The SMILES string of the molecule is CN(CC1(O)CCOCC1)C(=O)C(N)CCC(=O)O. The van der Waals surface area contributed by atoms with E-state index in [1.807, 2.05) is 0 Å². The summed E-state index contributed by atoms with van der Waals surface area (Å²) in [4.78, 5) is 23.7. The highest BCUT2D eigenvalue weighted by atomic mass is 16.5. The van der Waals surface area contributed by atoms with Crippen molar-refractivity contribution in [1.82, 2.24) is 4.90 Å². The second kappa shape index (κ2) is 6.83. The Morgan fingerprint density at radius 3 is 2.53 bits per heavy atom. The van der Waals surface area contributed by atoms with E-state index in [1.54, 1.807) is 7.05 Å². The summed E-state index contributed by atoms with van der Waals surface area (Å²) in [5.41, 5.74) is 4.72. The summed E-state index contributed by atoms with van der Waals surface area (Å²) in [6.07, 6.45) is 0.920. The number of amides is 1. The molecule has 1 fully saturated rings. The third-order valence-electron chi connectivity index (χ3n) is 3.32. The van der Waals surface area contributed by atoms with Gasteiger partial charge in [-0.1, -0.05) is 0 Å². The van der Waals surface area contributed by atoms with Crippen LogP contribution < -0.4 is 5.73 Å². The maximum Gasteiger partial charge on any atom is 0.303 e. The minimum Gasteiger partial charge on any atom is -0.481 e. The van der Waals surface area contributed by atoms with Crippen molar-refractivity contribution in [2.24, 2.45) is 5.73 Å². The fraction of sp³-hybridized carbons (Fsp3) is 0.833. The Labute approximate surface area is 112 Å². The van der Waals surface area contributed by atoms with Crippen molar-refractivity contribution in [3.63, 3.8) is 0 Å². The van der Waals surface area contributed by atoms with E-state index in [4.69, 9.17) is 15.6 Å². The molecular formula is C12H22N2O5. The molecule has 1 heterocycles. The van der Waals surface area contributed by atoms with Gasteiger partial charge in [-0.05, 0) is 6.42 Å². The molecule has 0 bridgehead atoms. The highest BCUT2D eigenvalue weighted by molar-refractivity contribution is 5.82. The predicted molar refractivity (Wildman–Crippen MR) is 67.5 cm³/mol.